The molecule has 0 saturated carbocycles. The highest BCUT2D eigenvalue weighted by Gasteiger charge is 2.37. The molecule has 10 heteroatoms. The molecule has 0 fully saturated rings. The molecule has 2 rings (SSSR count). The second-order valence-electron chi connectivity index (χ2n) is 4.63. The molecule has 1 heterocycles. The monoisotopic (exact) mass is 327 g/mol. The number of amides is 1. The maximum atomic E-state index is 12.4. The number of carbonyl (C=O) groups is 2. The predicted molar refractivity (Wildman–Crippen MR) is 74.5 cm³/mol. The molecule has 0 spiro atoms. The Labute approximate surface area is 128 Å². The molecule has 2 aromatic rings. The van der Waals surface area contributed by atoms with Crippen LogP contribution < -0.4 is 11.1 Å². The summed E-state index contributed by atoms with van der Waals surface area (Å²) in [7, 11) is 0. The molecule has 3 N–H and O–H groups in total. The molecular weight excluding hydrogens is 315 g/mol. The van der Waals surface area contributed by atoms with Gasteiger partial charge in [0.1, 0.15) is 6.54 Å². The van der Waals surface area contributed by atoms with Gasteiger partial charge in [0, 0.05) is 11.3 Å². The summed E-state index contributed by atoms with van der Waals surface area (Å²) in [5.74, 6) is -2.68. The van der Waals surface area contributed by atoms with Crippen LogP contribution in [0.3, 0.4) is 0 Å². The first kappa shape index (κ1) is 16.5. The molecule has 0 aliphatic carbocycles. The number of anilines is 2. The zero-order chi connectivity index (χ0) is 17.2. The second kappa shape index (κ2) is 6.07. The smallest absolute Gasteiger partial charge is 0.368 e. The van der Waals surface area contributed by atoms with E-state index in [4.69, 9.17) is 5.73 Å². The lowest BCUT2D eigenvalue weighted by Crippen LogP contribution is -2.21. The third kappa shape index (κ3) is 4.05. The van der Waals surface area contributed by atoms with Gasteiger partial charge in [-0.15, -0.1) is 5.10 Å². The molecule has 122 valence electrons. The van der Waals surface area contributed by atoms with Gasteiger partial charge < -0.3 is 11.1 Å². The Balaban J connectivity index is 2.05. The van der Waals surface area contributed by atoms with E-state index in [1.54, 1.807) is 0 Å². The number of alkyl halides is 3. The molecule has 0 atom stereocenters. The third-order valence-electron chi connectivity index (χ3n) is 2.82. The Hall–Kier alpha value is -2.91. The highest BCUT2D eigenvalue weighted by molar-refractivity contribution is 5.95. The topological polar surface area (TPSA) is 103 Å². The van der Waals surface area contributed by atoms with E-state index >= 15 is 0 Å². The molecular formula is C13H12F3N5O2. The molecule has 0 unspecified atom stereocenters. The minimum Gasteiger partial charge on any atom is -0.368 e. The number of benzene rings is 1. The molecule has 0 aliphatic heterocycles. The van der Waals surface area contributed by atoms with Gasteiger partial charge in [-0.1, -0.05) is 0 Å². The van der Waals surface area contributed by atoms with Crippen LogP contribution in [-0.2, 0) is 17.5 Å². The van der Waals surface area contributed by atoms with Crippen LogP contribution in [0, 0.1) is 0 Å². The van der Waals surface area contributed by atoms with Crippen molar-refractivity contribution in [2.75, 3.05) is 11.1 Å². The summed E-state index contributed by atoms with van der Waals surface area (Å²) in [6, 6.07) is 6.04. The Morgan fingerprint density at radius 3 is 2.35 bits per heavy atom. The van der Waals surface area contributed by atoms with Crippen molar-refractivity contribution in [1.29, 1.82) is 0 Å². The average molecular weight is 327 g/mol. The standard InChI is InChI=1S/C13H12F3N5O2/c1-7(22)8-2-4-9(5-3-8)18-10(23)6-21-12(17)19-11(20-21)13(14,15)16/h2-5H,6H2,1H3,(H,18,23)(H2,17,19,20). The number of ketones is 1. The van der Waals surface area contributed by atoms with Crippen LogP contribution in [0.1, 0.15) is 23.1 Å². The highest BCUT2D eigenvalue weighted by Crippen LogP contribution is 2.26. The maximum Gasteiger partial charge on any atom is 0.453 e. The van der Waals surface area contributed by atoms with Crippen LogP contribution in [0.15, 0.2) is 24.3 Å². The fourth-order valence-corrected chi connectivity index (χ4v) is 1.72. The molecule has 0 saturated heterocycles. The van der Waals surface area contributed by atoms with Crippen LogP contribution in [-0.4, -0.2) is 26.5 Å². The van der Waals surface area contributed by atoms with E-state index in [2.05, 4.69) is 15.4 Å². The molecule has 1 amide bonds. The van der Waals surface area contributed by atoms with E-state index in [1.807, 2.05) is 0 Å². The summed E-state index contributed by atoms with van der Waals surface area (Å²) in [6.07, 6.45) is -4.74. The van der Waals surface area contributed by atoms with Crippen LogP contribution in [0.2, 0.25) is 0 Å². The van der Waals surface area contributed by atoms with Crippen LogP contribution in [0.25, 0.3) is 0 Å². The Bertz CT molecular complexity index is 737. The summed E-state index contributed by atoms with van der Waals surface area (Å²) in [5.41, 5.74) is 6.16. The lowest BCUT2D eigenvalue weighted by Gasteiger charge is -2.06. The van der Waals surface area contributed by atoms with Gasteiger partial charge >= 0.3 is 6.18 Å². The van der Waals surface area contributed by atoms with Crippen molar-refractivity contribution >= 4 is 23.3 Å². The van der Waals surface area contributed by atoms with Gasteiger partial charge in [0.25, 0.3) is 5.82 Å². The van der Waals surface area contributed by atoms with E-state index in [-0.39, 0.29) is 5.78 Å². The maximum absolute atomic E-state index is 12.4. The number of hydrogen-bond donors (Lipinski definition) is 2. The zero-order valence-corrected chi connectivity index (χ0v) is 11.9. The number of nitrogens with zero attached hydrogens (tertiary/aromatic N) is 3. The predicted octanol–water partition coefficient (Wildman–Crippen LogP) is 1.72. The van der Waals surface area contributed by atoms with Crippen molar-refractivity contribution < 1.29 is 22.8 Å². The van der Waals surface area contributed by atoms with Crippen molar-refractivity contribution in [2.45, 2.75) is 19.6 Å². The number of nitrogen functional groups attached to an aromatic ring is 1. The molecule has 7 nitrogen and oxygen atoms in total. The number of nitrogens with one attached hydrogen (secondary N) is 1. The number of rotatable bonds is 4. The number of carbonyl (C=O) groups excluding carboxylic acids is 2. The van der Waals surface area contributed by atoms with E-state index in [9.17, 15) is 22.8 Å². The van der Waals surface area contributed by atoms with Gasteiger partial charge in [0.15, 0.2) is 5.78 Å². The highest BCUT2D eigenvalue weighted by atomic mass is 19.4. The Kier molecular flexibility index (Phi) is 4.34. The molecule has 0 bridgehead atoms. The molecule has 0 radical (unpaired) electrons. The van der Waals surface area contributed by atoms with Gasteiger partial charge in [-0.3, -0.25) is 9.59 Å². The van der Waals surface area contributed by atoms with Crippen LogP contribution in [0.4, 0.5) is 24.8 Å². The number of hydrogen-bond acceptors (Lipinski definition) is 5. The van der Waals surface area contributed by atoms with Crippen molar-refractivity contribution in [1.82, 2.24) is 14.8 Å². The average Bonchev–Trinajstić information content (AvgIpc) is 2.80. The first-order valence-electron chi connectivity index (χ1n) is 6.35. The molecule has 23 heavy (non-hydrogen) atoms. The van der Waals surface area contributed by atoms with Gasteiger partial charge in [-0.25, -0.2) is 4.68 Å². The van der Waals surface area contributed by atoms with Crippen molar-refractivity contribution in [3.8, 4) is 0 Å². The van der Waals surface area contributed by atoms with E-state index in [0.717, 1.165) is 0 Å². The van der Waals surface area contributed by atoms with E-state index in [0.29, 0.717) is 15.9 Å². The zero-order valence-electron chi connectivity index (χ0n) is 11.9. The molecule has 1 aromatic carbocycles. The van der Waals surface area contributed by atoms with E-state index < -0.39 is 30.4 Å². The van der Waals surface area contributed by atoms with Gasteiger partial charge in [0.05, 0.1) is 0 Å². The Morgan fingerprint density at radius 1 is 1.26 bits per heavy atom. The summed E-state index contributed by atoms with van der Waals surface area (Å²) in [6.45, 7) is 0.878. The molecule has 1 aromatic heterocycles. The summed E-state index contributed by atoms with van der Waals surface area (Å²) in [5, 5.41) is 5.61. The fourth-order valence-electron chi connectivity index (χ4n) is 1.72. The fraction of sp³-hybridized carbons (Fsp3) is 0.231. The Morgan fingerprint density at radius 2 is 1.87 bits per heavy atom. The number of nitrogens with two attached hydrogens (primary N) is 1. The number of aromatic nitrogens is 3. The van der Waals surface area contributed by atoms with Crippen LogP contribution in [0.5, 0.6) is 0 Å². The quantitative estimate of drug-likeness (QED) is 0.832. The minimum absolute atomic E-state index is 0.127. The SMILES string of the molecule is CC(=O)c1ccc(NC(=O)Cn2nc(C(F)(F)F)nc2N)cc1. The third-order valence-corrected chi connectivity index (χ3v) is 2.82. The van der Waals surface area contributed by atoms with Gasteiger partial charge in [-0.2, -0.15) is 18.2 Å². The number of Topliss-reactive ketones (excluding diaryl/α,β-unsaturated/α-hetero) is 1. The van der Waals surface area contributed by atoms with Crippen molar-refractivity contribution in [3.05, 3.63) is 35.7 Å². The normalized spacial score (nSPS) is 11.3. The van der Waals surface area contributed by atoms with Gasteiger partial charge in [0.2, 0.25) is 11.9 Å². The summed E-state index contributed by atoms with van der Waals surface area (Å²) in [4.78, 5) is 26.0. The van der Waals surface area contributed by atoms with Crippen molar-refractivity contribution in [2.24, 2.45) is 0 Å². The first-order valence-corrected chi connectivity index (χ1v) is 6.35. The first-order chi connectivity index (χ1) is 10.7. The number of halogens is 3. The summed E-state index contributed by atoms with van der Waals surface area (Å²) < 4.78 is 38.0. The van der Waals surface area contributed by atoms with Crippen LogP contribution >= 0.6 is 0 Å². The summed E-state index contributed by atoms with van der Waals surface area (Å²) >= 11 is 0. The van der Waals surface area contributed by atoms with Crippen molar-refractivity contribution in [3.63, 3.8) is 0 Å². The van der Waals surface area contributed by atoms with E-state index in [1.165, 1.54) is 31.2 Å². The molecule has 0 aliphatic rings. The largest absolute Gasteiger partial charge is 0.453 e. The lowest BCUT2D eigenvalue weighted by atomic mass is 10.1. The lowest BCUT2D eigenvalue weighted by molar-refractivity contribution is -0.145. The van der Waals surface area contributed by atoms with Gasteiger partial charge in [-0.05, 0) is 31.2 Å². The minimum atomic E-state index is -4.74. The second-order valence-corrected chi connectivity index (χ2v) is 4.63.